The van der Waals surface area contributed by atoms with E-state index in [-0.39, 0.29) is 17.4 Å². The predicted octanol–water partition coefficient (Wildman–Crippen LogP) is 3.89. The van der Waals surface area contributed by atoms with E-state index in [9.17, 15) is 10.1 Å². The van der Waals surface area contributed by atoms with Crippen LogP contribution >= 0.6 is 0 Å². The van der Waals surface area contributed by atoms with Crippen LogP contribution in [0.2, 0.25) is 0 Å². The van der Waals surface area contributed by atoms with Crippen LogP contribution in [0.3, 0.4) is 0 Å². The average Bonchev–Trinajstić information content (AvgIpc) is 3.38. The fourth-order valence-corrected chi connectivity index (χ4v) is 4.62. The Hall–Kier alpha value is -4.12. The number of nitrogens with one attached hydrogen (secondary N) is 3. The molecule has 0 radical (unpaired) electrons. The van der Waals surface area contributed by atoms with Crippen LogP contribution in [0.25, 0.3) is 11.3 Å². The highest BCUT2D eigenvalue weighted by molar-refractivity contribution is 5.87. The second-order valence-corrected chi connectivity index (χ2v) is 9.69. The second-order valence-electron chi connectivity index (χ2n) is 9.69. The number of nitriles is 1. The molecule has 3 aromatic rings. The monoisotopic (exact) mass is 453 g/mol. The Morgan fingerprint density at radius 1 is 1.24 bits per heavy atom. The average molecular weight is 454 g/mol. The highest BCUT2D eigenvalue weighted by Gasteiger charge is 2.32. The van der Waals surface area contributed by atoms with Gasteiger partial charge in [0.05, 0.1) is 16.9 Å². The third kappa shape index (κ3) is 3.79. The molecule has 3 heterocycles. The molecule has 2 aliphatic heterocycles. The van der Waals surface area contributed by atoms with Crippen molar-refractivity contribution in [1.29, 1.82) is 5.26 Å². The Morgan fingerprint density at radius 2 is 2.06 bits per heavy atom. The molecular weight excluding hydrogens is 426 g/mol. The Bertz CT molecular complexity index is 1340. The molecule has 8 heteroatoms. The number of benzene rings is 2. The molecule has 1 aromatic heterocycles. The molecular formula is C26H27N7O. The molecule has 0 saturated carbocycles. The molecule has 3 N–H and O–H groups in total. The third-order valence-corrected chi connectivity index (χ3v) is 6.50. The lowest BCUT2D eigenvalue weighted by Crippen LogP contribution is -2.37. The Balaban J connectivity index is 1.41. The molecule has 1 unspecified atom stereocenters. The fourth-order valence-electron chi connectivity index (χ4n) is 4.62. The Labute approximate surface area is 199 Å². The zero-order chi connectivity index (χ0) is 24.0. The van der Waals surface area contributed by atoms with Gasteiger partial charge in [-0.3, -0.25) is 4.79 Å². The standard InChI is InChI=1S/C26H27N7O/c1-26(2)14-29-23-17(13-27)9-15(11-19(23)26)21-7-8-28-25(32-21)30-18-5-6-20-16(10-18)12-22(31-20)24(34)33(3)4/h5-11,22,29,31H,12,14H2,1-4H3,(H,28,30,32). The van der Waals surface area contributed by atoms with E-state index in [0.29, 0.717) is 17.9 Å². The summed E-state index contributed by atoms with van der Waals surface area (Å²) in [7, 11) is 3.53. The van der Waals surface area contributed by atoms with E-state index in [0.717, 1.165) is 46.0 Å². The Morgan fingerprint density at radius 3 is 2.82 bits per heavy atom. The number of rotatable bonds is 4. The summed E-state index contributed by atoms with van der Waals surface area (Å²) in [5.74, 6) is 0.534. The molecule has 0 aliphatic carbocycles. The summed E-state index contributed by atoms with van der Waals surface area (Å²) in [6.45, 7) is 5.14. The second kappa shape index (κ2) is 8.03. The molecule has 0 fully saturated rings. The minimum atomic E-state index is -0.243. The maximum Gasteiger partial charge on any atom is 0.244 e. The van der Waals surface area contributed by atoms with Gasteiger partial charge in [-0.2, -0.15) is 5.26 Å². The van der Waals surface area contributed by atoms with Crippen LogP contribution in [-0.4, -0.2) is 47.5 Å². The van der Waals surface area contributed by atoms with Gasteiger partial charge < -0.3 is 20.9 Å². The molecule has 0 bridgehead atoms. The van der Waals surface area contributed by atoms with Gasteiger partial charge in [0.1, 0.15) is 12.1 Å². The smallest absolute Gasteiger partial charge is 0.244 e. The van der Waals surface area contributed by atoms with Crippen LogP contribution in [0.4, 0.5) is 23.0 Å². The minimum absolute atomic E-state index is 0.0602. The molecule has 2 aromatic carbocycles. The van der Waals surface area contributed by atoms with Gasteiger partial charge in [0.25, 0.3) is 0 Å². The van der Waals surface area contributed by atoms with Crippen molar-refractivity contribution in [3.8, 4) is 17.3 Å². The van der Waals surface area contributed by atoms with E-state index in [4.69, 9.17) is 4.98 Å². The highest BCUT2D eigenvalue weighted by atomic mass is 16.2. The van der Waals surface area contributed by atoms with Crippen LogP contribution < -0.4 is 16.0 Å². The first-order valence-electron chi connectivity index (χ1n) is 11.3. The number of carbonyl (C=O) groups excluding carboxylic acids is 1. The summed E-state index contributed by atoms with van der Waals surface area (Å²) < 4.78 is 0. The summed E-state index contributed by atoms with van der Waals surface area (Å²) in [5.41, 5.74) is 7.15. The number of carbonyl (C=O) groups is 1. The van der Waals surface area contributed by atoms with E-state index in [1.54, 1.807) is 25.2 Å². The van der Waals surface area contributed by atoms with Gasteiger partial charge in [-0.05, 0) is 47.5 Å². The highest BCUT2D eigenvalue weighted by Crippen LogP contribution is 2.41. The van der Waals surface area contributed by atoms with Crippen molar-refractivity contribution in [3.63, 3.8) is 0 Å². The van der Waals surface area contributed by atoms with Crippen molar-refractivity contribution >= 4 is 28.9 Å². The molecule has 8 nitrogen and oxygen atoms in total. The van der Waals surface area contributed by atoms with E-state index < -0.39 is 0 Å². The number of anilines is 4. The van der Waals surface area contributed by atoms with Gasteiger partial charge in [0.2, 0.25) is 11.9 Å². The van der Waals surface area contributed by atoms with E-state index in [1.165, 1.54) is 0 Å². The number of nitrogens with zero attached hydrogens (tertiary/aromatic N) is 4. The van der Waals surface area contributed by atoms with E-state index >= 15 is 0 Å². The van der Waals surface area contributed by atoms with Crippen LogP contribution in [0.1, 0.15) is 30.5 Å². The van der Waals surface area contributed by atoms with E-state index in [1.807, 2.05) is 30.3 Å². The summed E-state index contributed by atoms with van der Waals surface area (Å²) in [6, 6.07) is 13.9. The van der Waals surface area contributed by atoms with Gasteiger partial charge in [-0.25, -0.2) is 9.97 Å². The van der Waals surface area contributed by atoms with Crippen LogP contribution in [0.5, 0.6) is 0 Å². The maximum atomic E-state index is 12.3. The van der Waals surface area contributed by atoms with Crippen molar-refractivity contribution < 1.29 is 4.79 Å². The first-order chi connectivity index (χ1) is 16.2. The first-order valence-corrected chi connectivity index (χ1v) is 11.3. The molecule has 172 valence electrons. The van der Waals surface area contributed by atoms with Gasteiger partial charge >= 0.3 is 0 Å². The van der Waals surface area contributed by atoms with Crippen LogP contribution in [0, 0.1) is 11.3 Å². The van der Waals surface area contributed by atoms with E-state index in [2.05, 4.69) is 46.9 Å². The number of likely N-dealkylation sites (N-methyl/N-ethyl adjacent to an activating group) is 1. The quantitative estimate of drug-likeness (QED) is 0.550. The number of hydrogen-bond donors (Lipinski definition) is 3. The van der Waals surface area contributed by atoms with Gasteiger partial charge in [-0.1, -0.05) is 13.8 Å². The van der Waals surface area contributed by atoms with Crippen LogP contribution in [0.15, 0.2) is 42.6 Å². The minimum Gasteiger partial charge on any atom is -0.383 e. The lowest BCUT2D eigenvalue weighted by molar-refractivity contribution is -0.129. The van der Waals surface area contributed by atoms with Gasteiger partial charge in [0, 0.05) is 55.6 Å². The molecule has 5 rings (SSSR count). The van der Waals surface area contributed by atoms with Crippen molar-refractivity contribution in [2.75, 3.05) is 36.6 Å². The normalized spacial score (nSPS) is 17.1. The third-order valence-electron chi connectivity index (χ3n) is 6.50. The fraction of sp³-hybridized carbons (Fsp3) is 0.308. The molecule has 2 aliphatic rings. The number of hydrogen-bond acceptors (Lipinski definition) is 7. The lowest BCUT2D eigenvalue weighted by atomic mass is 9.85. The van der Waals surface area contributed by atoms with Gasteiger partial charge in [0.15, 0.2) is 0 Å². The van der Waals surface area contributed by atoms with Gasteiger partial charge in [-0.15, -0.1) is 0 Å². The SMILES string of the molecule is CN(C)C(=O)C1Cc2cc(Nc3nccc(-c4cc(C#N)c5c(c4)C(C)(C)CN5)n3)ccc2N1. The predicted molar refractivity (Wildman–Crippen MR) is 133 cm³/mol. The number of aromatic nitrogens is 2. The summed E-state index contributed by atoms with van der Waals surface area (Å²) in [5, 5.41) is 19.6. The van der Waals surface area contributed by atoms with Crippen molar-refractivity contribution in [2.24, 2.45) is 0 Å². The summed E-state index contributed by atoms with van der Waals surface area (Å²) in [4.78, 5) is 23.0. The van der Waals surface area contributed by atoms with Crippen molar-refractivity contribution in [3.05, 3.63) is 59.3 Å². The summed E-state index contributed by atoms with van der Waals surface area (Å²) >= 11 is 0. The van der Waals surface area contributed by atoms with Crippen molar-refractivity contribution in [2.45, 2.75) is 31.7 Å². The first kappa shape index (κ1) is 21.7. The zero-order valence-corrected chi connectivity index (χ0v) is 19.7. The number of amides is 1. The molecule has 34 heavy (non-hydrogen) atoms. The topological polar surface area (TPSA) is 106 Å². The molecule has 1 atom stereocenters. The molecule has 1 amide bonds. The Kier molecular flexibility index (Phi) is 5.13. The maximum absolute atomic E-state index is 12.3. The lowest BCUT2D eigenvalue weighted by Gasteiger charge is -2.18. The number of fused-ring (bicyclic) bond motifs is 2. The zero-order valence-electron chi connectivity index (χ0n) is 19.7. The molecule has 0 spiro atoms. The van der Waals surface area contributed by atoms with Crippen LogP contribution in [-0.2, 0) is 16.6 Å². The summed E-state index contributed by atoms with van der Waals surface area (Å²) in [6.07, 6.45) is 2.35. The molecule has 0 saturated heterocycles. The van der Waals surface area contributed by atoms with Crippen molar-refractivity contribution in [1.82, 2.24) is 14.9 Å². The largest absolute Gasteiger partial charge is 0.383 e.